The fourth-order valence-corrected chi connectivity index (χ4v) is 2.22. The van der Waals surface area contributed by atoms with Gasteiger partial charge in [0.2, 0.25) is 0 Å². The zero-order chi connectivity index (χ0) is 11.8. The first-order chi connectivity index (χ1) is 7.72. The topological polar surface area (TPSA) is 24.9 Å². The highest BCUT2D eigenvalue weighted by Gasteiger charge is 2.03. The largest absolute Gasteiger partial charge is 0.309 e. The van der Waals surface area contributed by atoms with Crippen molar-refractivity contribution in [2.45, 2.75) is 52.1 Å². The smallest absolute Gasteiger partial charge is 0.0897 e. The highest BCUT2D eigenvalue weighted by molar-refractivity contribution is 7.09. The number of allylic oxidation sites excluding steroid dienone is 1. The number of aromatic nitrogens is 1. The molecule has 1 aromatic heterocycles. The average Bonchev–Trinajstić information content (AvgIpc) is 2.68. The molecule has 1 N–H and O–H groups in total. The predicted molar refractivity (Wildman–Crippen MR) is 71.8 cm³/mol. The monoisotopic (exact) mass is 238 g/mol. The summed E-state index contributed by atoms with van der Waals surface area (Å²) in [6.07, 6.45) is 6.90. The number of nitrogens with zero attached hydrogens (tertiary/aromatic N) is 1. The molecule has 1 rings (SSSR count). The Bertz CT molecular complexity index is 307. The van der Waals surface area contributed by atoms with E-state index in [1.807, 2.05) is 13.0 Å². The quantitative estimate of drug-likeness (QED) is 0.552. The minimum Gasteiger partial charge on any atom is -0.309 e. The van der Waals surface area contributed by atoms with Gasteiger partial charge in [0.1, 0.15) is 0 Å². The summed E-state index contributed by atoms with van der Waals surface area (Å²) in [5.74, 6) is 0. The van der Waals surface area contributed by atoms with Crippen molar-refractivity contribution < 1.29 is 0 Å². The Hall–Kier alpha value is -0.670. The van der Waals surface area contributed by atoms with E-state index in [9.17, 15) is 0 Å². The zero-order valence-electron chi connectivity index (χ0n) is 10.3. The summed E-state index contributed by atoms with van der Waals surface area (Å²) >= 11 is 1.72. The number of hydrogen-bond acceptors (Lipinski definition) is 3. The molecule has 0 aliphatic heterocycles. The molecule has 0 bridgehead atoms. The van der Waals surface area contributed by atoms with Gasteiger partial charge in [0.15, 0.2) is 0 Å². The number of nitrogens with one attached hydrogen (secondary N) is 1. The normalized spacial score (nSPS) is 12.6. The molecule has 2 nitrogen and oxygen atoms in total. The second-order valence-electron chi connectivity index (χ2n) is 4.21. The van der Waals surface area contributed by atoms with Crippen LogP contribution in [0.4, 0.5) is 0 Å². The number of hydrogen-bond donors (Lipinski definition) is 1. The van der Waals surface area contributed by atoms with Crippen molar-refractivity contribution in [3.63, 3.8) is 0 Å². The maximum absolute atomic E-state index is 4.44. The van der Waals surface area contributed by atoms with E-state index in [2.05, 4.69) is 29.2 Å². The molecule has 3 heteroatoms. The van der Waals surface area contributed by atoms with Crippen molar-refractivity contribution in [3.8, 4) is 0 Å². The molecule has 0 aliphatic carbocycles. The van der Waals surface area contributed by atoms with Gasteiger partial charge in [-0.15, -0.1) is 17.9 Å². The van der Waals surface area contributed by atoms with Gasteiger partial charge in [-0.25, -0.2) is 4.98 Å². The number of aryl methyl sites for hydroxylation is 1. The molecule has 0 radical (unpaired) electrons. The molecular formula is C13H22N2S. The van der Waals surface area contributed by atoms with Crippen LogP contribution in [0.25, 0.3) is 0 Å². The second-order valence-corrected chi connectivity index (χ2v) is 5.28. The van der Waals surface area contributed by atoms with E-state index in [1.165, 1.54) is 25.0 Å². The number of thiazole rings is 1. The van der Waals surface area contributed by atoms with E-state index in [1.54, 1.807) is 11.3 Å². The van der Waals surface area contributed by atoms with E-state index in [0.29, 0.717) is 6.04 Å². The first-order valence-corrected chi connectivity index (χ1v) is 6.85. The minimum absolute atomic E-state index is 0.576. The van der Waals surface area contributed by atoms with E-state index in [0.717, 1.165) is 18.0 Å². The first-order valence-electron chi connectivity index (χ1n) is 5.97. The molecule has 16 heavy (non-hydrogen) atoms. The van der Waals surface area contributed by atoms with Crippen LogP contribution < -0.4 is 5.32 Å². The summed E-state index contributed by atoms with van der Waals surface area (Å²) in [5.41, 5.74) is 1.17. The van der Waals surface area contributed by atoms with Crippen LogP contribution in [0.2, 0.25) is 0 Å². The molecule has 0 fully saturated rings. The minimum atomic E-state index is 0.576. The molecule has 0 aromatic carbocycles. The molecule has 0 saturated carbocycles. The fraction of sp³-hybridized carbons (Fsp3) is 0.615. The molecule has 1 heterocycles. The number of rotatable bonds is 8. The van der Waals surface area contributed by atoms with Gasteiger partial charge in [-0.1, -0.05) is 12.5 Å². The summed E-state index contributed by atoms with van der Waals surface area (Å²) in [7, 11) is 0. The van der Waals surface area contributed by atoms with Crippen molar-refractivity contribution in [1.82, 2.24) is 10.3 Å². The Kier molecular flexibility index (Phi) is 6.34. The molecule has 90 valence electrons. The van der Waals surface area contributed by atoms with E-state index in [4.69, 9.17) is 0 Å². The standard InChI is InChI=1S/C13H22N2S/c1-4-5-6-7-8-11(2)14-9-13-10-16-12(3)15-13/h4,10-11,14H,1,5-9H2,2-3H3. The highest BCUT2D eigenvalue weighted by atomic mass is 32.1. The maximum Gasteiger partial charge on any atom is 0.0897 e. The Morgan fingerprint density at radius 2 is 2.38 bits per heavy atom. The van der Waals surface area contributed by atoms with Crippen LogP contribution in [0.1, 0.15) is 43.3 Å². The average molecular weight is 238 g/mol. The first kappa shape index (κ1) is 13.4. The summed E-state index contributed by atoms with van der Waals surface area (Å²) in [6, 6.07) is 0.576. The summed E-state index contributed by atoms with van der Waals surface area (Å²) < 4.78 is 0. The summed E-state index contributed by atoms with van der Waals surface area (Å²) in [5, 5.41) is 6.79. The molecular weight excluding hydrogens is 216 g/mol. The molecule has 1 aromatic rings. The molecule has 0 saturated heterocycles. The van der Waals surface area contributed by atoms with Gasteiger partial charge in [0.25, 0.3) is 0 Å². The lowest BCUT2D eigenvalue weighted by Gasteiger charge is -2.12. The van der Waals surface area contributed by atoms with Crippen molar-refractivity contribution in [1.29, 1.82) is 0 Å². The van der Waals surface area contributed by atoms with Crippen LogP contribution in [0.5, 0.6) is 0 Å². The summed E-state index contributed by atoms with van der Waals surface area (Å²) in [6.45, 7) is 8.92. The van der Waals surface area contributed by atoms with Crippen LogP contribution in [-0.2, 0) is 6.54 Å². The second kappa shape index (κ2) is 7.58. The lowest BCUT2D eigenvalue weighted by molar-refractivity contribution is 0.487. The molecule has 1 atom stereocenters. The van der Waals surface area contributed by atoms with Crippen molar-refractivity contribution in [2.24, 2.45) is 0 Å². The predicted octanol–water partition coefficient (Wildman–Crippen LogP) is 3.68. The van der Waals surface area contributed by atoms with Crippen LogP contribution >= 0.6 is 11.3 Å². The Balaban J connectivity index is 2.10. The van der Waals surface area contributed by atoms with E-state index < -0.39 is 0 Å². The molecule has 0 spiro atoms. The third-order valence-electron chi connectivity index (χ3n) is 2.59. The van der Waals surface area contributed by atoms with E-state index in [-0.39, 0.29) is 0 Å². The van der Waals surface area contributed by atoms with Gasteiger partial charge in [-0.2, -0.15) is 0 Å². The van der Waals surface area contributed by atoms with E-state index >= 15 is 0 Å². The molecule has 1 unspecified atom stereocenters. The number of unbranched alkanes of at least 4 members (excludes halogenated alkanes) is 2. The van der Waals surface area contributed by atoms with Gasteiger partial charge in [-0.3, -0.25) is 0 Å². The third kappa shape index (κ3) is 5.42. The van der Waals surface area contributed by atoms with Gasteiger partial charge < -0.3 is 5.32 Å². The lowest BCUT2D eigenvalue weighted by atomic mass is 10.1. The Morgan fingerprint density at radius 1 is 1.56 bits per heavy atom. The van der Waals surface area contributed by atoms with Gasteiger partial charge in [-0.05, 0) is 33.1 Å². The van der Waals surface area contributed by atoms with Crippen molar-refractivity contribution in [3.05, 3.63) is 28.7 Å². The molecule has 0 amide bonds. The van der Waals surface area contributed by atoms with Gasteiger partial charge >= 0.3 is 0 Å². The van der Waals surface area contributed by atoms with Crippen LogP contribution in [0, 0.1) is 6.92 Å². The lowest BCUT2D eigenvalue weighted by Crippen LogP contribution is -2.25. The van der Waals surface area contributed by atoms with Crippen molar-refractivity contribution >= 4 is 11.3 Å². The fourth-order valence-electron chi connectivity index (χ4n) is 1.61. The van der Waals surface area contributed by atoms with Crippen molar-refractivity contribution in [2.75, 3.05) is 0 Å². The summed E-state index contributed by atoms with van der Waals surface area (Å²) in [4.78, 5) is 4.44. The SMILES string of the molecule is C=CCCCCC(C)NCc1csc(C)n1. The Morgan fingerprint density at radius 3 is 3.00 bits per heavy atom. The van der Waals surface area contributed by atoms with Crippen LogP contribution in [0.15, 0.2) is 18.0 Å². The van der Waals surface area contributed by atoms with Gasteiger partial charge in [0, 0.05) is 18.0 Å². The maximum atomic E-state index is 4.44. The highest BCUT2D eigenvalue weighted by Crippen LogP contribution is 2.09. The third-order valence-corrected chi connectivity index (χ3v) is 3.42. The van der Waals surface area contributed by atoms with Gasteiger partial charge in [0.05, 0.1) is 10.7 Å². The van der Waals surface area contributed by atoms with Crippen LogP contribution in [-0.4, -0.2) is 11.0 Å². The van der Waals surface area contributed by atoms with Crippen LogP contribution in [0.3, 0.4) is 0 Å². The Labute approximate surface area is 103 Å². The zero-order valence-corrected chi connectivity index (χ0v) is 11.1. The molecule has 0 aliphatic rings.